The summed E-state index contributed by atoms with van der Waals surface area (Å²) >= 11 is 0. The normalized spacial score (nSPS) is 12.9. The summed E-state index contributed by atoms with van der Waals surface area (Å²) in [5.74, 6) is -2.21. The fraction of sp³-hybridized carbons (Fsp3) is 0.172. The van der Waals surface area contributed by atoms with E-state index in [0.29, 0.717) is 5.39 Å². The number of benzene rings is 3. The maximum absolute atomic E-state index is 12.9. The van der Waals surface area contributed by atoms with Gasteiger partial charge in [-0.25, -0.2) is 9.59 Å². The number of carboxylic acid groups (broad SMARTS) is 1. The molecule has 0 spiro atoms. The number of hydrogen-bond acceptors (Lipinski definition) is 6. The number of aliphatic carboxylic acids is 1. The van der Waals surface area contributed by atoms with Crippen LogP contribution in [0.4, 0.5) is 10.5 Å². The van der Waals surface area contributed by atoms with Crippen molar-refractivity contribution in [3.05, 3.63) is 99.9 Å². The van der Waals surface area contributed by atoms with E-state index in [4.69, 9.17) is 9.15 Å². The van der Waals surface area contributed by atoms with E-state index in [1.165, 1.54) is 12.1 Å². The summed E-state index contributed by atoms with van der Waals surface area (Å²) in [4.78, 5) is 48.7. The van der Waals surface area contributed by atoms with Crippen molar-refractivity contribution in [3.8, 4) is 11.1 Å². The van der Waals surface area contributed by atoms with Gasteiger partial charge in [0.25, 0.3) is 0 Å². The topological polar surface area (TPSA) is 135 Å². The molecule has 1 atom stereocenters. The third-order valence-corrected chi connectivity index (χ3v) is 6.55. The molecule has 192 valence electrons. The Balaban J connectivity index is 1.28. The lowest BCUT2D eigenvalue weighted by Crippen LogP contribution is -2.45. The highest BCUT2D eigenvalue weighted by atomic mass is 16.5. The van der Waals surface area contributed by atoms with Gasteiger partial charge in [0, 0.05) is 29.1 Å². The molecular formula is C29H24N2O7. The van der Waals surface area contributed by atoms with E-state index < -0.39 is 36.1 Å². The predicted molar refractivity (Wildman–Crippen MR) is 140 cm³/mol. The molecule has 9 nitrogen and oxygen atoms in total. The molecule has 1 aliphatic rings. The lowest BCUT2D eigenvalue weighted by atomic mass is 9.98. The Morgan fingerprint density at radius 1 is 0.974 bits per heavy atom. The van der Waals surface area contributed by atoms with E-state index in [1.54, 1.807) is 19.1 Å². The highest BCUT2D eigenvalue weighted by Crippen LogP contribution is 2.44. The van der Waals surface area contributed by atoms with Crippen molar-refractivity contribution in [1.82, 2.24) is 5.32 Å². The lowest BCUT2D eigenvalue weighted by Gasteiger charge is -2.19. The molecule has 0 bridgehead atoms. The number of fused-ring (bicyclic) bond motifs is 4. The average molecular weight is 513 g/mol. The summed E-state index contributed by atoms with van der Waals surface area (Å²) in [5, 5.41) is 14.9. The third-order valence-electron chi connectivity index (χ3n) is 6.55. The van der Waals surface area contributed by atoms with Crippen LogP contribution in [0, 0.1) is 6.92 Å². The zero-order valence-electron chi connectivity index (χ0n) is 20.4. The maximum atomic E-state index is 12.9. The molecule has 9 heteroatoms. The third kappa shape index (κ3) is 4.99. The van der Waals surface area contributed by atoms with Crippen LogP contribution in [0.25, 0.3) is 22.1 Å². The van der Waals surface area contributed by atoms with Gasteiger partial charge in [-0.05, 0) is 46.9 Å². The molecule has 3 N–H and O–H groups in total. The minimum atomic E-state index is -1.40. The van der Waals surface area contributed by atoms with Crippen LogP contribution in [-0.2, 0) is 14.3 Å². The summed E-state index contributed by atoms with van der Waals surface area (Å²) in [6.07, 6.45) is -1.56. The van der Waals surface area contributed by atoms with Gasteiger partial charge in [0.15, 0.2) is 0 Å². The van der Waals surface area contributed by atoms with E-state index in [2.05, 4.69) is 10.6 Å². The van der Waals surface area contributed by atoms with Crippen LogP contribution >= 0.6 is 0 Å². The Bertz CT molecular complexity index is 1580. The number of rotatable bonds is 7. The number of alkyl carbamates (subject to hydrolysis) is 1. The molecule has 1 heterocycles. The van der Waals surface area contributed by atoms with E-state index in [0.717, 1.165) is 27.8 Å². The number of amides is 2. The second kappa shape index (κ2) is 10.2. The monoisotopic (exact) mass is 512 g/mol. The van der Waals surface area contributed by atoms with Crippen molar-refractivity contribution in [2.75, 3.05) is 11.9 Å². The maximum Gasteiger partial charge on any atom is 0.407 e. The number of aryl methyl sites for hydroxylation is 1. The average Bonchev–Trinajstić information content (AvgIpc) is 3.20. The number of nitrogens with one attached hydrogen (secondary N) is 2. The van der Waals surface area contributed by atoms with Gasteiger partial charge in [0.2, 0.25) is 5.91 Å². The second-order valence-corrected chi connectivity index (χ2v) is 9.07. The van der Waals surface area contributed by atoms with Crippen molar-refractivity contribution < 1.29 is 28.6 Å². The Labute approximate surface area is 217 Å². The second-order valence-electron chi connectivity index (χ2n) is 9.07. The van der Waals surface area contributed by atoms with Gasteiger partial charge >= 0.3 is 17.7 Å². The van der Waals surface area contributed by atoms with Crippen LogP contribution < -0.4 is 16.3 Å². The van der Waals surface area contributed by atoms with Gasteiger partial charge in [-0.1, -0.05) is 48.5 Å². The number of carbonyl (C=O) groups excluding carboxylic acids is 2. The Morgan fingerprint density at radius 2 is 1.63 bits per heavy atom. The van der Waals surface area contributed by atoms with Gasteiger partial charge in [-0.2, -0.15) is 0 Å². The minimum absolute atomic E-state index is 0.0182. The first-order chi connectivity index (χ1) is 18.3. The van der Waals surface area contributed by atoms with Crippen LogP contribution in [0.3, 0.4) is 0 Å². The van der Waals surface area contributed by atoms with Crippen LogP contribution in [0.5, 0.6) is 0 Å². The molecule has 1 aliphatic carbocycles. The molecule has 3 aromatic carbocycles. The fourth-order valence-electron chi connectivity index (χ4n) is 4.80. The first-order valence-corrected chi connectivity index (χ1v) is 12.0. The van der Waals surface area contributed by atoms with E-state index >= 15 is 0 Å². The predicted octanol–water partition coefficient (Wildman–Crippen LogP) is 4.42. The molecule has 1 unspecified atom stereocenters. The minimum Gasteiger partial charge on any atom is -0.481 e. The number of ether oxygens (including phenoxy) is 1. The molecule has 0 saturated heterocycles. The van der Waals surface area contributed by atoms with Crippen molar-refractivity contribution >= 4 is 34.6 Å². The zero-order chi connectivity index (χ0) is 26.8. The highest BCUT2D eigenvalue weighted by Gasteiger charge is 2.30. The number of carbonyl (C=O) groups is 3. The SMILES string of the molecule is Cc1cc(=O)oc2cc(NC(=O)C(CC(=O)O)NC(=O)OCC3c4ccccc4-c4ccccc43)ccc12. The van der Waals surface area contributed by atoms with Gasteiger partial charge in [0.1, 0.15) is 18.2 Å². The number of carboxylic acids is 1. The van der Waals surface area contributed by atoms with Gasteiger partial charge in [0.05, 0.1) is 6.42 Å². The van der Waals surface area contributed by atoms with Crippen LogP contribution in [0.15, 0.2) is 82.0 Å². The molecule has 0 aliphatic heterocycles. The van der Waals surface area contributed by atoms with Gasteiger partial charge in [-0.15, -0.1) is 0 Å². The summed E-state index contributed by atoms with van der Waals surface area (Å²) < 4.78 is 10.7. The molecule has 38 heavy (non-hydrogen) atoms. The summed E-state index contributed by atoms with van der Waals surface area (Å²) in [5.41, 5.74) is 4.93. The molecule has 0 fully saturated rings. The molecule has 0 radical (unpaired) electrons. The fourth-order valence-corrected chi connectivity index (χ4v) is 4.80. The van der Waals surface area contributed by atoms with E-state index in [-0.39, 0.29) is 23.8 Å². The highest BCUT2D eigenvalue weighted by molar-refractivity contribution is 5.99. The summed E-state index contributed by atoms with van der Waals surface area (Å²) in [6, 6.07) is 20.4. The molecule has 5 rings (SSSR count). The number of hydrogen-bond donors (Lipinski definition) is 3. The van der Waals surface area contributed by atoms with E-state index in [9.17, 15) is 24.3 Å². The first-order valence-electron chi connectivity index (χ1n) is 12.0. The Hall–Kier alpha value is -4.92. The molecule has 0 saturated carbocycles. The quantitative estimate of drug-likeness (QED) is 0.312. The molecule has 2 amide bonds. The van der Waals surface area contributed by atoms with E-state index in [1.807, 2.05) is 48.5 Å². The number of anilines is 1. The Kier molecular flexibility index (Phi) is 6.66. The standard InChI is InChI=1S/C29H24N2O7/c1-16-12-27(34)38-25-13-17(10-11-18(16)25)30-28(35)24(14-26(32)33)31-29(36)37-15-23-21-8-4-2-6-19(21)20-7-3-5-9-22(20)23/h2-13,23-24H,14-15H2,1H3,(H,30,35)(H,31,36)(H,32,33). The largest absolute Gasteiger partial charge is 0.481 e. The van der Waals surface area contributed by atoms with Crippen molar-refractivity contribution in [1.29, 1.82) is 0 Å². The van der Waals surface area contributed by atoms with Crippen molar-refractivity contribution in [2.45, 2.75) is 25.3 Å². The molecular weight excluding hydrogens is 488 g/mol. The molecule has 4 aromatic rings. The Morgan fingerprint density at radius 3 is 2.29 bits per heavy atom. The molecule has 1 aromatic heterocycles. The van der Waals surface area contributed by atoms with Crippen LogP contribution in [-0.4, -0.2) is 35.7 Å². The van der Waals surface area contributed by atoms with Crippen molar-refractivity contribution in [3.63, 3.8) is 0 Å². The lowest BCUT2D eigenvalue weighted by molar-refractivity contribution is -0.139. The summed E-state index contributed by atoms with van der Waals surface area (Å²) in [7, 11) is 0. The van der Waals surface area contributed by atoms with Gasteiger partial charge in [-0.3, -0.25) is 9.59 Å². The first kappa shape index (κ1) is 24.8. The smallest absolute Gasteiger partial charge is 0.407 e. The van der Waals surface area contributed by atoms with Crippen LogP contribution in [0.2, 0.25) is 0 Å². The zero-order valence-corrected chi connectivity index (χ0v) is 20.4. The van der Waals surface area contributed by atoms with Gasteiger partial charge < -0.3 is 24.9 Å². The van der Waals surface area contributed by atoms with Crippen molar-refractivity contribution in [2.24, 2.45) is 0 Å². The summed E-state index contributed by atoms with van der Waals surface area (Å²) in [6.45, 7) is 1.78. The van der Waals surface area contributed by atoms with Crippen LogP contribution in [0.1, 0.15) is 29.0 Å².